The molecule has 0 unspecified atom stereocenters. The second-order valence-corrected chi connectivity index (χ2v) is 11.8. The van der Waals surface area contributed by atoms with Crippen LogP contribution in [0.2, 0.25) is 0 Å². The Hall–Kier alpha value is -4.42. The Balaban J connectivity index is 1.27. The van der Waals surface area contributed by atoms with Crippen LogP contribution in [0.1, 0.15) is 47.6 Å². The van der Waals surface area contributed by atoms with Gasteiger partial charge in [-0.2, -0.15) is 0 Å². The highest BCUT2D eigenvalue weighted by Crippen LogP contribution is 2.34. The predicted octanol–water partition coefficient (Wildman–Crippen LogP) is 2.73. The zero-order chi connectivity index (χ0) is 31.7. The Labute approximate surface area is 264 Å². The van der Waals surface area contributed by atoms with E-state index in [0.29, 0.717) is 52.8 Å². The number of nitrogens with zero attached hydrogens (tertiary/aromatic N) is 7. The minimum absolute atomic E-state index is 0.105. The monoisotopic (exact) mass is 608 g/mol. The van der Waals surface area contributed by atoms with Gasteiger partial charge in [-0.15, -0.1) is 0 Å². The zero-order valence-corrected chi connectivity index (χ0v) is 26.6. The van der Waals surface area contributed by atoms with Crippen molar-refractivity contribution in [1.29, 1.82) is 0 Å². The average molecular weight is 609 g/mol. The highest BCUT2D eigenvalue weighted by Gasteiger charge is 2.33. The standard InChI is InChI=1S/C33H41BN8O3/c1-4-39(13-14-40(34)5-2)24-9-10-30(36-19-24)37-27-17-23(20-38(3)32(27)44)25-11-12-35-31(26(25)21-43)42-16-15-41-28-8-6-7-22(28)18-29(41)33(42)45/h9-12,17-20,43H,4-8,13-16,21,34H2,1-3H3,(H,36,37). The topological polar surface area (TPSA) is 112 Å². The van der Waals surface area contributed by atoms with E-state index in [1.54, 1.807) is 30.4 Å². The van der Waals surface area contributed by atoms with Crippen molar-refractivity contribution in [3.63, 3.8) is 0 Å². The van der Waals surface area contributed by atoms with Crippen molar-refractivity contribution >= 4 is 36.9 Å². The van der Waals surface area contributed by atoms with Crippen molar-refractivity contribution in [2.24, 2.45) is 7.05 Å². The van der Waals surface area contributed by atoms with Gasteiger partial charge in [0.15, 0.2) is 7.98 Å². The van der Waals surface area contributed by atoms with Crippen LogP contribution in [0.15, 0.2) is 53.7 Å². The molecule has 2 aliphatic rings. The number of aliphatic hydroxyl groups excluding tert-OH is 1. The van der Waals surface area contributed by atoms with Gasteiger partial charge in [-0.1, -0.05) is 6.92 Å². The number of aliphatic hydroxyl groups is 1. The first kappa shape index (κ1) is 30.6. The molecular weight excluding hydrogens is 567 g/mol. The number of amides is 1. The SMILES string of the molecule is BN(CC)CCN(CC)c1ccc(Nc2cc(-c3ccnc(N4CCn5c(cc6c5CCC6)C4=O)c3CO)cn(C)c2=O)nc1. The largest absolute Gasteiger partial charge is 0.392 e. The third kappa shape index (κ3) is 5.87. The number of likely N-dealkylation sites (N-methyl/N-ethyl adjacent to an activating group) is 2. The van der Waals surface area contributed by atoms with E-state index in [1.165, 1.54) is 15.8 Å². The number of anilines is 4. The molecule has 0 spiro atoms. The fourth-order valence-corrected chi connectivity index (χ4v) is 6.47. The first-order valence-electron chi connectivity index (χ1n) is 15.8. The summed E-state index contributed by atoms with van der Waals surface area (Å²) in [5.74, 6) is 0.895. The molecule has 45 heavy (non-hydrogen) atoms. The van der Waals surface area contributed by atoms with Crippen LogP contribution in [-0.4, -0.2) is 75.6 Å². The van der Waals surface area contributed by atoms with Crippen LogP contribution in [0.5, 0.6) is 0 Å². The van der Waals surface area contributed by atoms with Crippen LogP contribution in [-0.2, 0) is 33.0 Å². The summed E-state index contributed by atoms with van der Waals surface area (Å²) in [4.78, 5) is 42.3. The molecule has 0 radical (unpaired) electrons. The minimum atomic E-state index is -0.309. The van der Waals surface area contributed by atoms with Gasteiger partial charge in [0.1, 0.15) is 23.0 Å². The Bertz CT molecular complexity index is 1770. The maximum Gasteiger partial charge on any atom is 0.276 e. The van der Waals surface area contributed by atoms with Gasteiger partial charge >= 0.3 is 0 Å². The number of carbonyl (C=O) groups excluding carboxylic acids is 1. The molecule has 1 aliphatic carbocycles. The van der Waals surface area contributed by atoms with Crippen molar-refractivity contribution in [3.8, 4) is 11.1 Å². The summed E-state index contributed by atoms with van der Waals surface area (Å²) in [7, 11) is 3.81. The number of hydrogen-bond donors (Lipinski definition) is 2. The van der Waals surface area contributed by atoms with E-state index in [1.807, 2.05) is 30.5 Å². The Morgan fingerprint density at radius 3 is 2.62 bits per heavy atom. The lowest BCUT2D eigenvalue weighted by atomic mass is 10.0. The van der Waals surface area contributed by atoms with Crippen LogP contribution >= 0.6 is 0 Å². The summed E-state index contributed by atoms with van der Waals surface area (Å²) >= 11 is 0. The Morgan fingerprint density at radius 2 is 1.89 bits per heavy atom. The summed E-state index contributed by atoms with van der Waals surface area (Å²) in [6.45, 7) is 8.86. The number of rotatable bonds is 11. The van der Waals surface area contributed by atoms with E-state index < -0.39 is 0 Å². The third-order valence-corrected chi connectivity index (χ3v) is 9.16. The smallest absolute Gasteiger partial charge is 0.276 e. The molecule has 1 aliphatic heterocycles. The number of fused-ring (bicyclic) bond motifs is 3. The van der Waals surface area contributed by atoms with Crippen molar-refractivity contribution in [3.05, 3.63) is 81.8 Å². The second-order valence-electron chi connectivity index (χ2n) is 11.8. The van der Waals surface area contributed by atoms with E-state index in [2.05, 4.69) is 51.4 Å². The molecular formula is C33H41BN8O3. The van der Waals surface area contributed by atoms with Gasteiger partial charge in [-0.25, -0.2) is 9.97 Å². The van der Waals surface area contributed by atoms with E-state index in [-0.39, 0.29) is 18.1 Å². The normalized spacial score (nSPS) is 14.2. The molecule has 0 saturated carbocycles. The summed E-state index contributed by atoms with van der Waals surface area (Å²) in [6, 6.07) is 9.50. The van der Waals surface area contributed by atoms with E-state index in [4.69, 9.17) is 0 Å². The molecule has 0 atom stereocenters. The summed E-state index contributed by atoms with van der Waals surface area (Å²) in [6.07, 6.45) is 8.37. The van der Waals surface area contributed by atoms with Crippen molar-refractivity contribution in [2.45, 2.75) is 46.3 Å². The molecule has 234 valence electrons. The number of aromatic nitrogens is 4. The van der Waals surface area contributed by atoms with Gasteiger partial charge in [0.25, 0.3) is 11.5 Å². The zero-order valence-electron chi connectivity index (χ0n) is 26.6. The number of aryl methyl sites for hydroxylation is 2. The van der Waals surface area contributed by atoms with Crippen LogP contribution < -0.4 is 20.7 Å². The molecule has 2 N–H and O–H groups in total. The summed E-state index contributed by atoms with van der Waals surface area (Å²) in [5, 5.41) is 13.8. The molecule has 5 heterocycles. The lowest BCUT2D eigenvalue weighted by Gasteiger charge is -2.30. The van der Waals surface area contributed by atoms with Gasteiger partial charge in [0, 0.05) is 69.0 Å². The molecule has 1 amide bonds. The highest BCUT2D eigenvalue weighted by molar-refractivity contribution is 6.06. The quantitative estimate of drug-likeness (QED) is 0.250. The third-order valence-electron chi connectivity index (χ3n) is 9.16. The van der Waals surface area contributed by atoms with Gasteiger partial charge in [0.05, 0.1) is 18.5 Å². The maximum atomic E-state index is 13.7. The Morgan fingerprint density at radius 1 is 1.04 bits per heavy atom. The molecule has 0 saturated heterocycles. The van der Waals surface area contributed by atoms with Crippen LogP contribution in [0.4, 0.5) is 23.0 Å². The molecule has 11 nitrogen and oxygen atoms in total. The van der Waals surface area contributed by atoms with E-state index in [0.717, 1.165) is 51.1 Å². The number of nitrogens with one attached hydrogen (secondary N) is 1. The number of carbonyl (C=O) groups is 1. The molecule has 4 aromatic rings. The van der Waals surface area contributed by atoms with Gasteiger partial charge in [-0.3, -0.25) is 14.5 Å². The molecule has 4 aromatic heterocycles. The fourth-order valence-electron chi connectivity index (χ4n) is 6.47. The summed E-state index contributed by atoms with van der Waals surface area (Å²) < 4.78 is 3.66. The molecule has 0 bridgehead atoms. The van der Waals surface area contributed by atoms with Crippen LogP contribution in [0.25, 0.3) is 11.1 Å². The highest BCUT2D eigenvalue weighted by atomic mass is 16.3. The summed E-state index contributed by atoms with van der Waals surface area (Å²) in [5.41, 5.74) is 6.36. The lowest BCUT2D eigenvalue weighted by Crippen LogP contribution is -2.41. The maximum absolute atomic E-state index is 13.7. The fraction of sp³-hybridized carbons (Fsp3) is 0.394. The minimum Gasteiger partial charge on any atom is -0.392 e. The van der Waals surface area contributed by atoms with Crippen molar-refractivity contribution in [1.82, 2.24) is 23.9 Å². The first-order valence-corrected chi connectivity index (χ1v) is 15.8. The molecule has 12 heteroatoms. The van der Waals surface area contributed by atoms with Crippen LogP contribution in [0, 0.1) is 0 Å². The van der Waals surface area contributed by atoms with Crippen molar-refractivity contribution in [2.75, 3.05) is 47.8 Å². The van der Waals surface area contributed by atoms with Gasteiger partial charge in [0.2, 0.25) is 0 Å². The number of hydrogen-bond acceptors (Lipinski definition) is 8. The molecule has 6 rings (SSSR count). The van der Waals surface area contributed by atoms with Gasteiger partial charge < -0.3 is 29.3 Å². The molecule has 0 aromatic carbocycles. The first-order chi connectivity index (χ1) is 21.8. The van der Waals surface area contributed by atoms with Gasteiger partial charge in [-0.05, 0) is 74.2 Å². The van der Waals surface area contributed by atoms with Crippen LogP contribution in [0.3, 0.4) is 0 Å². The average Bonchev–Trinajstić information content (AvgIpc) is 3.66. The second kappa shape index (κ2) is 12.9. The molecule has 0 fully saturated rings. The van der Waals surface area contributed by atoms with E-state index >= 15 is 0 Å². The number of pyridine rings is 3. The Kier molecular flexibility index (Phi) is 8.77. The lowest BCUT2D eigenvalue weighted by molar-refractivity contribution is 0.0963. The van der Waals surface area contributed by atoms with E-state index in [9.17, 15) is 14.7 Å². The predicted molar refractivity (Wildman–Crippen MR) is 180 cm³/mol. The van der Waals surface area contributed by atoms with Crippen molar-refractivity contribution < 1.29 is 9.90 Å².